The molecule has 0 radical (unpaired) electrons. The van der Waals surface area contributed by atoms with E-state index in [1.165, 1.54) is 6.07 Å². The van der Waals surface area contributed by atoms with Crippen LogP contribution in [-0.4, -0.2) is 49.3 Å². The van der Waals surface area contributed by atoms with Crippen molar-refractivity contribution in [3.05, 3.63) is 46.0 Å². The van der Waals surface area contributed by atoms with Gasteiger partial charge in [0.1, 0.15) is 5.60 Å². The highest BCUT2D eigenvalue weighted by molar-refractivity contribution is 6.17. The Morgan fingerprint density at radius 3 is 2.10 bits per heavy atom. The molecule has 0 unspecified atom stereocenters. The molecule has 0 N–H and O–H groups in total. The number of fused-ring (bicyclic) bond motifs is 3. The van der Waals surface area contributed by atoms with Gasteiger partial charge in [0.15, 0.2) is 0 Å². The second kappa shape index (κ2) is 7.53. The van der Waals surface area contributed by atoms with Crippen molar-refractivity contribution in [2.75, 3.05) is 25.7 Å². The largest absolute Gasteiger partial charge is 0.468 e. The summed E-state index contributed by atoms with van der Waals surface area (Å²) >= 11 is 0. The van der Waals surface area contributed by atoms with Crippen molar-refractivity contribution in [2.24, 2.45) is 0 Å². The molecule has 3 rings (SSSR count). The summed E-state index contributed by atoms with van der Waals surface area (Å²) < 4.78 is 15.3. The van der Waals surface area contributed by atoms with Crippen molar-refractivity contribution in [3.63, 3.8) is 0 Å². The number of non-ortho nitro benzene ring substituents is 1. The van der Waals surface area contributed by atoms with E-state index in [4.69, 9.17) is 14.2 Å². The number of nitrogens with zero attached hydrogens (tertiary/aromatic N) is 2. The van der Waals surface area contributed by atoms with Crippen LogP contribution in [-0.2, 0) is 29.2 Å². The van der Waals surface area contributed by atoms with Gasteiger partial charge in [-0.3, -0.25) is 24.6 Å². The van der Waals surface area contributed by atoms with Crippen molar-refractivity contribution >= 4 is 40.2 Å². The van der Waals surface area contributed by atoms with E-state index in [0.717, 1.165) is 25.2 Å². The zero-order valence-corrected chi connectivity index (χ0v) is 17.8. The van der Waals surface area contributed by atoms with Gasteiger partial charge < -0.3 is 14.2 Å². The van der Waals surface area contributed by atoms with E-state index in [9.17, 15) is 24.5 Å². The quantitative estimate of drug-likeness (QED) is 0.239. The highest BCUT2D eigenvalue weighted by Gasteiger charge is 2.60. The van der Waals surface area contributed by atoms with Crippen LogP contribution in [0, 0.1) is 10.1 Å². The smallest absolute Gasteiger partial charge is 0.414 e. The molecule has 164 valence electrons. The van der Waals surface area contributed by atoms with Crippen LogP contribution in [0.5, 0.6) is 0 Å². The second-order valence-corrected chi connectivity index (χ2v) is 8.05. The zero-order valence-electron chi connectivity index (χ0n) is 17.8. The molecule has 1 heterocycles. The molecule has 0 aromatic heterocycles. The average Bonchev–Trinajstić information content (AvgIpc) is 3.07. The Morgan fingerprint density at radius 1 is 1.06 bits per heavy atom. The summed E-state index contributed by atoms with van der Waals surface area (Å²) in [6, 6.07) is 7.42. The summed E-state index contributed by atoms with van der Waals surface area (Å²) in [5.74, 6) is -1.91. The molecule has 10 nitrogen and oxygen atoms in total. The van der Waals surface area contributed by atoms with Crippen molar-refractivity contribution in [1.82, 2.24) is 0 Å². The lowest BCUT2D eigenvalue weighted by Crippen LogP contribution is -2.50. The predicted molar refractivity (Wildman–Crippen MR) is 110 cm³/mol. The van der Waals surface area contributed by atoms with Gasteiger partial charge in [-0.15, -0.1) is 0 Å². The van der Waals surface area contributed by atoms with Gasteiger partial charge in [0, 0.05) is 11.6 Å². The third-order valence-corrected chi connectivity index (χ3v) is 4.99. The maximum absolute atomic E-state index is 13.0. The van der Waals surface area contributed by atoms with Gasteiger partial charge in [0.25, 0.3) is 5.69 Å². The molecule has 10 heteroatoms. The number of nitro benzene ring substituents is 1. The van der Waals surface area contributed by atoms with Gasteiger partial charge in [-0.05, 0) is 32.2 Å². The topological polar surface area (TPSA) is 125 Å². The number of nitro groups is 1. The second-order valence-electron chi connectivity index (χ2n) is 8.05. The summed E-state index contributed by atoms with van der Waals surface area (Å²) in [5.41, 5.74) is -3.10. The summed E-state index contributed by atoms with van der Waals surface area (Å²) in [7, 11) is 2.22. The molecule has 0 saturated carbocycles. The molecule has 0 saturated heterocycles. The van der Waals surface area contributed by atoms with Crippen LogP contribution in [0.3, 0.4) is 0 Å². The molecule has 2 aromatic rings. The number of carbonyl (C=O) groups excluding carboxylic acids is 3. The monoisotopic (exact) mass is 430 g/mol. The van der Waals surface area contributed by atoms with Crippen LogP contribution in [0.4, 0.5) is 16.2 Å². The Labute approximate surface area is 177 Å². The van der Waals surface area contributed by atoms with Gasteiger partial charge in [0.2, 0.25) is 5.41 Å². The number of benzene rings is 2. The van der Waals surface area contributed by atoms with Gasteiger partial charge in [-0.2, -0.15) is 0 Å². The standard InChI is InChI=1S/C21H22N2O8/c1-20(2,3)31-19(26)22-11-21(17(24)29-4,18(25)30-5)16-13-9-7-6-8-12(13)14(23(27)28)10-15(16)22/h6-10H,11H2,1-5H3. The molecule has 0 spiro atoms. The molecule has 1 aliphatic heterocycles. The van der Waals surface area contributed by atoms with Crippen LogP contribution >= 0.6 is 0 Å². The van der Waals surface area contributed by atoms with Crippen LogP contribution in [0.2, 0.25) is 0 Å². The Hall–Kier alpha value is -3.69. The highest BCUT2D eigenvalue weighted by atomic mass is 16.6. The summed E-state index contributed by atoms with van der Waals surface area (Å²) in [4.78, 5) is 51.1. The number of methoxy groups -OCH3 is 2. The summed E-state index contributed by atoms with van der Waals surface area (Å²) in [5, 5.41) is 12.2. The van der Waals surface area contributed by atoms with Crippen LogP contribution in [0.25, 0.3) is 10.8 Å². The first kappa shape index (κ1) is 22.0. The number of hydrogen-bond acceptors (Lipinski definition) is 8. The Bertz CT molecular complexity index is 1090. The first-order chi connectivity index (χ1) is 14.5. The number of ether oxygens (including phenoxy) is 3. The fourth-order valence-corrected chi connectivity index (χ4v) is 3.80. The lowest BCUT2D eigenvalue weighted by Gasteiger charge is -2.27. The lowest BCUT2D eigenvalue weighted by atomic mass is 9.79. The maximum Gasteiger partial charge on any atom is 0.414 e. The molecule has 31 heavy (non-hydrogen) atoms. The Balaban J connectivity index is 2.43. The molecule has 1 amide bonds. The van der Waals surface area contributed by atoms with Gasteiger partial charge in [0.05, 0.1) is 36.8 Å². The summed E-state index contributed by atoms with van der Waals surface area (Å²) in [6.45, 7) is 4.47. The molecule has 0 bridgehead atoms. The van der Waals surface area contributed by atoms with Crippen LogP contribution in [0.15, 0.2) is 30.3 Å². The van der Waals surface area contributed by atoms with Crippen LogP contribution in [0.1, 0.15) is 26.3 Å². The van der Waals surface area contributed by atoms with Crippen molar-refractivity contribution < 1.29 is 33.5 Å². The number of hydrogen-bond donors (Lipinski definition) is 0. The maximum atomic E-state index is 13.0. The highest BCUT2D eigenvalue weighted by Crippen LogP contribution is 2.49. The molecular weight excluding hydrogens is 408 g/mol. The van der Waals surface area contributed by atoms with E-state index >= 15 is 0 Å². The Morgan fingerprint density at radius 2 is 1.61 bits per heavy atom. The Kier molecular flexibility index (Phi) is 5.35. The van der Waals surface area contributed by atoms with Crippen molar-refractivity contribution in [2.45, 2.75) is 31.8 Å². The SMILES string of the molecule is COC(=O)C1(C(=O)OC)CN(C(=O)OC(C)(C)C)c2cc([N+](=O)[O-])c3ccccc3c21. The fourth-order valence-electron chi connectivity index (χ4n) is 3.80. The normalized spacial score (nSPS) is 14.7. The van der Waals surface area contributed by atoms with E-state index in [1.54, 1.807) is 39.0 Å². The molecule has 0 aliphatic carbocycles. The van der Waals surface area contributed by atoms with Gasteiger partial charge in [-0.25, -0.2) is 4.79 Å². The minimum absolute atomic E-state index is 0.00968. The zero-order chi connectivity index (χ0) is 23.1. The van der Waals surface area contributed by atoms with Crippen LogP contribution < -0.4 is 4.90 Å². The molecular formula is C21H22N2O8. The molecule has 1 aliphatic rings. The minimum Gasteiger partial charge on any atom is -0.468 e. The molecule has 0 atom stereocenters. The van der Waals surface area contributed by atoms with E-state index in [2.05, 4.69) is 0 Å². The van der Waals surface area contributed by atoms with Crippen molar-refractivity contribution in [1.29, 1.82) is 0 Å². The third kappa shape index (κ3) is 3.43. The molecule has 2 aromatic carbocycles. The average molecular weight is 430 g/mol. The van der Waals surface area contributed by atoms with Gasteiger partial charge in [-0.1, -0.05) is 18.2 Å². The predicted octanol–water partition coefficient (Wildman–Crippen LogP) is 3.09. The van der Waals surface area contributed by atoms with Gasteiger partial charge >= 0.3 is 18.0 Å². The number of amides is 1. The number of rotatable bonds is 3. The van der Waals surface area contributed by atoms with E-state index in [-0.39, 0.29) is 27.7 Å². The fraction of sp³-hybridized carbons (Fsp3) is 0.381. The lowest BCUT2D eigenvalue weighted by molar-refractivity contribution is -0.383. The summed E-state index contributed by atoms with van der Waals surface area (Å²) in [6.07, 6.45) is -0.868. The first-order valence-corrected chi connectivity index (χ1v) is 9.36. The van der Waals surface area contributed by atoms with E-state index < -0.39 is 40.5 Å². The van der Waals surface area contributed by atoms with Crippen molar-refractivity contribution in [3.8, 4) is 0 Å². The number of esters is 2. The number of anilines is 1. The van der Waals surface area contributed by atoms with E-state index in [0.29, 0.717) is 0 Å². The number of carbonyl (C=O) groups is 3. The first-order valence-electron chi connectivity index (χ1n) is 9.36. The molecule has 0 fully saturated rings. The van der Waals surface area contributed by atoms with E-state index in [1.807, 2.05) is 0 Å². The third-order valence-electron chi connectivity index (χ3n) is 4.99. The minimum atomic E-state index is -2.04.